The summed E-state index contributed by atoms with van der Waals surface area (Å²) in [5.74, 6) is -0.279. The lowest BCUT2D eigenvalue weighted by molar-refractivity contribution is 0.0431. The number of benzene rings is 2. The second-order valence-electron chi connectivity index (χ2n) is 5.63. The van der Waals surface area contributed by atoms with Crippen LogP contribution in [0.4, 0.5) is 5.69 Å². The van der Waals surface area contributed by atoms with Crippen molar-refractivity contribution < 1.29 is 9.53 Å². The molecule has 0 aliphatic carbocycles. The van der Waals surface area contributed by atoms with Crippen LogP contribution in [-0.2, 0) is 11.8 Å². The highest BCUT2D eigenvalue weighted by Gasteiger charge is 2.36. The van der Waals surface area contributed by atoms with Crippen molar-refractivity contribution in [3.63, 3.8) is 0 Å². The zero-order valence-corrected chi connectivity index (χ0v) is 12.5. The molecule has 0 fully saturated rings. The van der Waals surface area contributed by atoms with Crippen LogP contribution in [0.1, 0.15) is 27.8 Å². The SMILES string of the molecule is Cc1ccc(NC2OC(=O)c3c2c2ccccc2n3C)cc1. The fraction of sp³-hybridized carbons (Fsp3) is 0.167. The molecular weight excluding hydrogens is 276 g/mol. The van der Waals surface area contributed by atoms with E-state index < -0.39 is 6.23 Å². The number of nitrogens with zero attached hydrogens (tertiary/aromatic N) is 1. The van der Waals surface area contributed by atoms with Gasteiger partial charge in [-0.25, -0.2) is 4.79 Å². The minimum Gasteiger partial charge on any atom is -0.433 e. The van der Waals surface area contributed by atoms with Crippen LogP contribution in [0.25, 0.3) is 10.9 Å². The van der Waals surface area contributed by atoms with Crippen LogP contribution < -0.4 is 5.32 Å². The molecule has 2 heterocycles. The van der Waals surface area contributed by atoms with Gasteiger partial charge in [-0.3, -0.25) is 0 Å². The highest BCUT2D eigenvalue weighted by molar-refractivity contribution is 6.02. The van der Waals surface area contributed by atoms with Gasteiger partial charge in [0.1, 0.15) is 5.69 Å². The van der Waals surface area contributed by atoms with Crippen LogP contribution in [0.15, 0.2) is 48.5 Å². The number of anilines is 1. The van der Waals surface area contributed by atoms with E-state index in [-0.39, 0.29) is 5.97 Å². The quantitative estimate of drug-likeness (QED) is 0.731. The van der Waals surface area contributed by atoms with E-state index in [0.29, 0.717) is 5.69 Å². The number of carbonyl (C=O) groups excluding carboxylic acids is 1. The van der Waals surface area contributed by atoms with Gasteiger partial charge in [0.2, 0.25) is 6.23 Å². The molecule has 0 bridgehead atoms. The maximum absolute atomic E-state index is 12.2. The van der Waals surface area contributed by atoms with Gasteiger partial charge in [0.05, 0.1) is 5.56 Å². The molecule has 0 spiro atoms. The molecule has 1 aliphatic heterocycles. The highest BCUT2D eigenvalue weighted by Crippen LogP contribution is 2.38. The van der Waals surface area contributed by atoms with Gasteiger partial charge in [-0.15, -0.1) is 0 Å². The summed E-state index contributed by atoms with van der Waals surface area (Å²) in [7, 11) is 1.90. The average molecular weight is 292 g/mol. The highest BCUT2D eigenvalue weighted by atomic mass is 16.6. The van der Waals surface area contributed by atoms with Crippen molar-refractivity contribution >= 4 is 22.6 Å². The molecule has 0 radical (unpaired) electrons. The van der Waals surface area contributed by atoms with Gasteiger partial charge in [-0.1, -0.05) is 35.9 Å². The summed E-state index contributed by atoms with van der Waals surface area (Å²) in [5, 5.41) is 4.36. The number of cyclic esters (lactones) is 1. The van der Waals surface area contributed by atoms with E-state index >= 15 is 0 Å². The molecule has 1 atom stereocenters. The van der Waals surface area contributed by atoms with Gasteiger partial charge in [0, 0.05) is 23.6 Å². The Hall–Kier alpha value is -2.75. The number of aromatic nitrogens is 1. The summed E-state index contributed by atoms with van der Waals surface area (Å²) in [6.07, 6.45) is -0.448. The molecule has 2 aromatic carbocycles. The topological polar surface area (TPSA) is 43.3 Å². The monoisotopic (exact) mass is 292 g/mol. The van der Waals surface area contributed by atoms with E-state index in [1.807, 2.05) is 67.1 Å². The Morgan fingerprint density at radius 1 is 1.09 bits per heavy atom. The smallest absolute Gasteiger partial charge is 0.357 e. The van der Waals surface area contributed by atoms with Crippen LogP contribution in [-0.4, -0.2) is 10.5 Å². The Kier molecular flexibility index (Phi) is 2.73. The van der Waals surface area contributed by atoms with E-state index in [1.54, 1.807) is 0 Å². The van der Waals surface area contributed by atoms with E-state index in [4.69, 9.17) is 4.74 Å². The molecule has 4 heteroatoms. The van der Waals surface area contributed by atoms with Crippen LogP contribution >= 0.6 is 0 Å². The Balaban J connectivity index is 1.81. The first-order chi connectivity index (χ1) is 10.6. The second-order valence-corrected chi connectivity index (χ2v) is 5.63. The normalized spacial score (nSPS) is 16.6. The minimum absolute atomic E-state index is 0.279. The molecule has 0 amide bonds. The summed E-state index contributed by atoms with van der Waals surface area (Å²) in [6, 6.07) is 16.0. The first-order valence-corrected chi connectivity index (χ1v) is 7.26. The zero-order chi connectivity index (χ0) is 15.3. The third-order valence-corrected chi connectivity index (χ3v) is 4.18. The zero-order valence-electron chi connectivity index (χ0n) is 12.5. The predicted molar refractivity (Wildman–Crippen MR) is 85.9 cm³/mol. The fourth-order valence-electron chi connectivity index (χ4n) is 3.06. The van der Waals surface area contributed by atoms with Crippen LogP contribution in [0.5, 0.6) is 0 Å². The molecule has 22 heavy (non-hydrogen) atoms. The number of hydrogen-bond donors (Lipinski definition) is 1. The first-order valence-electron chi connectivity index (χ1n) is 7.26. The molecule has 0 saturated heterocycles. The van der Waals surface area contributed by atoms with Crippen molar-refractivity contribution in [1.82, 2.24) is 4.57 Å². The molecule has 4 nitrogen and oxygen atoms in total. The van der Waals surface area contributed by atoms with E-state index in [0.717, 1.165) is 22.2 Å². The van der Waals surface area contributed by atoms with E-state index in [2.05, 4.69) is 5.32 Å². The molecule has 3 aromatic rings. The lowest BCUT2D eigenvalue weighted by atomic mass is 10.1. The number of ether oxygens (including phenoxy) is 1. The number of carbonyl (C=O) groups is 1. The fourth-order valence-corrected chi connectivity index (χ4v) is 3.06. The van der Waals surface area contributed by atoms with Crippen molar-refractivity contribution in [2.45, 2.75) is 13.2 Å². The van der Waals surface area contributed by atoms with Gasteiger partial charge < -0.3 is 14.6 Å². The van der Waals surface area contributed by atoms with Crippen molar-refractivity contribution in [1.29, 1.82) is 0 Å². The van der Waals surface area contributed by atoms with Gasteiger partial charge in [0.15, 0.2) is 0 Å². The molecule has 1 N–H and O–H groups in total. The molecule has 1 unspecified atom stereocenters. The number of nitrogens with one attached hydrogen (secondary N) is 1. The van der Waals surface area contributed by atoms with Gasteiger partial charge in [-0.2, -0.15) is 0 Å². The minimum atomic E-state index is -0.448. The second kappa shape index (κ2) is 4.63. The third-order valence-electron chi connectivity index (χ3n) is 4.18. The molecule has 1 aromatic heterocycles. The van der Waals surface area contributed by atoms with Gasteiger partial charge in [-0.05, 0) is 25.1 Å². The standard InChI is InChI=1S/C18H16N2O2/c1-11-7-9-12(10-8-11)19-17-15-13-5-3-4-6-14(13)20(2)16(15)18(21)22-17/h3-10,17,19H,1-2H3. The number of fused-ring (bicyclic) bond motifs is 3. The Morgan fingerprint density at radius 3 is 2.59 bits per heavy atom. The number of rotatable bonds is 2. The van der Waals surface area contributed by atoms with Crippen molar-refractivity contribution in [2.24, 2.45) is 7.05 Å². The number of hydrogen-bond acceptors (Lipinski definition) is 3. The Morgan fingerprint density at radius 2 is 1.82 bits per heavy atom. The average Bonchev–Trinajstić information content (AvgIpc) is 3.00. The van der Waals surface area contributed by atoms with Crippen molar-refractivity contribution in [2.75, 3.05) is 5.32 Å². The van der Waals surface area contributed by atoms with Gasteiger partial charge in [0.25, 0.3) is 0 Å². The summed E-state index contributed by atoms with van der Waals surface area (Å²) in [6.45, 7) is 2.04. The summed E-state index contributed by atoms with van der Waals surface area (Å²) in [4.78, 5) is 12.2. The Bertz CT molecular complexity index is 878. The van der Waals surface area contributed by atoms with Crippen LogP contribution in [0.3, 0.4) is 0 Å². The van der Waals surface area contributed by atoms with Crippen LogP contribution in [0.2, 0.25) is 0 Å². The number of esters is 1. The van der Waals surface area contributed by atoms with Crippen LogP contribution in [0, 0.1) is 6.92 Å². The lowest BCUT2D eigenvalue weighted by Crippen LogP contribution is -2.11. The number of aryl methyl sites for hydroxylation is 2. The molecule has 4 rings (SSSR count). The summed E-state index contributed by atoms with van der Waals surface area (Å²) < 4.78 is 7.43. The van der Waals surface area contributed by atoms with Crippen molar-refractivity contribution in [3.05, 3.63) is 65.4 Å². The Labute approximate surface area is 128 Å². The summed E-state index contributed by atoms with van der Waals surface area (Å²) in [5.41, 5.74) is 4.72. The lowest BCUT2D eigenvalue weighted by Gasteiger charge is -2.14. The third kappa shape index (κ3) is 1.80. The molecule has 1 aliphatic rings. The van der Waals surface area contributed by atoms with E-state index in [1.165, 1.54) is 5.56 Å². The van der Waals surface area contributed by atoms with Crippen molar-refractivity contribution in [3.8, 4) is 0 Å². The largest absolute Gasteiger partial charge is 0.433 e. The first kappa shape index (κ1) is 13.0. The predicted octanol–water partition coefficient (Wildman–Crippen LogP) is 3.77. The number of para-hydroxylation sites is 1. The maximum Gasteiger partial charge on any atom is 0.357 e. The summed E-state index contributed by atoms with van der Waals surface area (Å²) >= 11 is 0. The molecule has 0 saturated carbocycles. The molecular formula is C18H16N2O2. The van der Waals surface area contributed by atoms with Gasteiger partial charge >= 0.3 is 5.97 Å². The molecule has 110 valence electrons. The maximum atomic E-state index is 12.2. The van der Waals surface area contributed by atoms with E-state index in [9.17, 15) is 4.79 Å².